The van der Waals surface area contributed by atoms with Crippen LogP contribution in [0.4, 0.5) is 0 Å². The van der Waals surface area contributed by atoms with Gasteiger partial charge in [0.05, 0.1) is 6.54 Å². The van der Waals surface area contributed by atoms with Crippen molar-refractivity contribution in [3.05, 3.63) is 0 Å². The number of likely N-dealkylation sites (tertiary alicyclic amines) is 3. The highest BCUT2D eigenvalue weighted by Gasteiger charge is 2.40. The van der Waals surface area contributed by atoms with E-state index in [0.29, 0.717) is 5.54 Å². The number of piperidine rings is 2. The van der Waals surface area contributed by atoms with Crippen LogP contribution in [0.1, 0.15) is 64.7 Å². The van der Waals surface area contributed by atoms with Crippen LogP contribution in [0.5, 0.6) is 0 Å². The second-order valence-corrected chi connectivity index (χ2v) is 9.96. The second-order valence-electron chi connectivity index (χ2n) is 9.96. The lowest BCUT2D eigenvalue weighted by Crippen LogP contribution is -2.58. The first-order chi connectivity index (χ1) is 13.7. The van der Waals surface area contributed by atoms with Gasteiger partial charge in [-0.05, 0) is 90.5 Å². The molecule has 4 rings (SSSR count). The smallest absolute Gasteiger partial charge is 0.193 e. The SMILES string of the molecule is CCNC(=NCC1(N2CCCCC2)CCN(C)CC1)N1CC2CCCCC2C1.I. The first kappa shape index (κ1) is 23.6. The van der Waals surface area contributed by atoms with Gasteiger partial charge in [-0.3, -0.25) is 9.89 Å². The Bertz CT molecular complexity index is 511. The van der Waals surface area contributed by atoms with E-state index in [1.807, 2.05) is 0 Å². The minimum atomic E-state index is 0. The van der Waals surface area contributed by atoms with Gasteiger partial charge in [-0.25, -0.2) is 0 Å². The zero-order valence-electron chi connectivity index (χ0n) is 18.9. The number of nitrogens with zero attached hydrogens (tertiary/aromatic N) is 4. The molecule has 0 radical (unpaired) electrons. The number of fused-ring (bicyclic) bond motifs is 1. The molecule has 168 valence electrons. The number of hydrogen-bond donors (Lipinski definition) is 1. The number of halogens is 1. The normalized spacial score (nSPS) is 31.2. The predicted molar refractivity (Wildman–Crippen MR) is 133 cm³/mol. The molecule has 6 heteroatoms. The summed E-state index contributed by atoms with van der Waals surface area (Å²) in [5.74, 6) is 3.03. The number of aliphatic imine (C=N–C) groups is 1. The fraction of sp³-hybridized carbons (Fsp3) is 0.957. The van der Waals surface area contributed by atoms with Crippen molar-refractivity contribution in [1.29, 1.82) is 0 Å². The number of guanidine groups is 1. The van der Waals surface area contributed by atoms with Gasteiger partial charge in [0.2, 0.25) is 0 Å². The van der Waals surface area contributed by atoms with Gasteiger partial charge in [0, 0.05) is 25.2 Å². The van der Waals surface area contributed by atoms with E-state index < -0.39 is 0 Å². The van der Waals surface area contributed by atoms with Crippen LogP contribution >= 0.6 is 24.0 Å². The van der Waals surface area contributed by atoms with E-state index in [1.54, 1.807) is 0 Å². The number of hydrogen-bond acceptors (Lipinski definition) is 3. The molecule has 0 bridgehead atoms. The van der Waals surface area contributed by atoms with Crippen LogP contribution < -0.4 is 5.32 Å². The molecular weight excluding hydrogens is 473 g/mol. The van der Waals surface area contributed by atoms with Crippen molar-refractivity contribution < 1.29 is 0 Å². The summed E-state index contributed by atoms with van der Waals surface area (Å²) < 4.78 is 0. The minimum Gasteiger partial charge on any atom is -0.357 e. The molecule has 1 aliphatic carbocycles. The highest BCUT2D eigenvalue weighted by atomic mass is 127. The summed E-state index contributed by atoms with van der Waals surface area (Å²) in [6, 6.07) is 0. The molecule has 0 spiro atoms. The second kappa shape index (κ2) is 11.0. The van der Waals surface area contributed by atoms with Crippen LogP contribution in [0.25, 0.3) is 0 Å². The van der Waals surface area contributed by atoms with E-state index in [-0.39, 0.29) is 24.0 Å². The first-order valence-corrected chi connectivity index (χ1v) is 12.2. The quantitative estimate of drug-likeness (QED) is 0.351. The lowest BCUT2D eigenvalue weighted by atomic mass is 9.82. The van der Waals surface area contributed by atoms with Crippen molar-refractivity contribution in [2.45, 2.75) is 70.3 Å². The maximum Gasteiger partial charge on any atom is 0.193 e. The molecule has 3 heterocycles. The molecule has 1 saturated carbocycles. The molecule has 4 aliphatic rings. The Morgan fingerprint density at radius 3 is 2.14 bits per heavy atom. The lowest BCUT2D eigenvalue weighted by molar-refractivity contribution is 0.0206. The summed E-state index contributed by atoms with van der Waals surface area (Å²) in [7, 11) is 2.28. The number of rotatable bonds is 4. The standard InChI is InChI=1S/C23H43N5.HI/c1-3-24-22(27-17-20-9-5-6-10-21(20)18-27)25-19-23(11-15-26(2)16-12-23)28-13-7-4-8-14-28;/h20-21H,3-19H2,1-2H3,(H,24,25);1H. The molecule has 2 unspecified atom stereocenters. The van der Waals surface area contributed by atoms with Gasteiger partial charge in [0.1, 0.15) is 0 Å². The zero-order valence-corrected chi connectivity index (χ0v) is 21.2. The summed E-state index contributed by atoms with van der Waals surface area (Å²) in [5, 5.41) is 3.65. The summed E-state index contributed by atoms with van der Waals surface area (Å²) >= 11 is 0. The monoisotopic (exact) mass is 517 g/mol. The molecule has 1 N–H and O–H groups in total. The third-order valence-corrected chi connectivity index (χ3v) is 8.08. The Kier molecular flexibility index (Phi) is 8.93. The third-order valence-electron chi connectivity index (χ3n) is 8.08. The van der Waals surface area contributed by atoms with E-state index in [2.05, 4.69) is 34.0 Å². The van der Waals surface area contributed by atoms with Gasteiger partial charge >= 0.3 is 0 Å². The molecule has 29 heavy (non-hydrogen) atoms. The predicted octanol–water partition coefficient (Wildman–Crippen LogP) is 3.64. The Labute approximate surface area is 196 Å². The van der Waals surface area contributed by atoms with E-state index in [4.69, 9.17) is 4.99 Å². The molecule has 3 saturated heterocycles. The van der Waals surface area contributed by atoms with Crippen molar-refractivity contribution in [3.8, 4) is 0 Å². The van der Waals surface area contributed by atoms with Crippen molar-refractivity contribution in [1.82, 2.24) is 20.0 Å². The average molecular weight is 518 g/mol. The summed E-state index contributed by atoms with van der Waals surface area (Å²) in [4.78, 5) is 13.2. The lowest BCUT2D eigenvalue weighted by Gasteiger charge is -2.49. The average Bonchev–Trinajstić information content (AvgIpc) is 3.17. The fourth-order valence-electron chi connectivity index (χ4n) is 6.20. The molecule has 0 aromatic rings. The minimum absolute atomic E-state index is 0. The Morgan fingerprint density at radius 2 is 1.55 bits per heavy atom. The molecular formula is C23H44IN5. The van der Waals surface area contributed by atoms with Crippen LogP contribution in [0.3, 0.4) is 0 Å². The van der Waals surface area contributed by atoms with E-state index in [9.17, 15) is 0 Å². The molecule has 0 aromatic carbocycles. The van der Waals surface area contributed by atoms with E-state index >= 15 is 0 Å². The Hall–Kier alpha value is -0.0800. The van der Waals surface area contributed by atoms with Gasteiger partial charge in [-0.2, -0.15) is 0 Å². The van der Waals surface area contributed by atoms with E-state index in [0.717, 1.165) is 24.9 Å². The van der Waals surface area contributed by atoms with Gasteiger partial charge in [-0.15, -0.1) is 24.0 Å². The van der Waals surface area contributed by atoms with Crippen LogP contribution in [0, 0.1) is 11.8 Å². The van der Waals surface area contributed by atoms with Crippen molar-refractivity contribution in [2.75, 3.05) is 59.4 Å². The van der Waals surface area contributed by atoms with Crippen LogP contribution in [-0.2, 0) is 0 Å². The van der Waals surface area contributed by atoms with Gasteiger partial charge in [-0.1, -0.05) is 19.3 Å². The summed E-state index contributed by atoms with van der Waals surface area (Å²) in [6.45, 7) is 11.6. The van der Waals surface area contributed by atoms with Crippen LogP contribution in [-0.4, -0.2) is 85.6 Å². The topological polar surface area (TPSA) is 34.1 Å². The molecule has 0 amide bonds. The highest BCUT2D eigenvalue weighted by Crippen LogP contribution is 2.36. The molecule has 3 aliphatic heterocycles. The largest absolute Gasteiger partial charge is 0.357 e. The zero-order chi connectivity index (χ0) is 19.4. The third kappa shape index (κ3) is 5.59. The van der Waals surface area contributed by atoms with Crippen LogP contribution in [0.2, 0.25) is 0 Å². The molecule has 2 atom stereocenters. The maximum absolute atomic E-state index is 5.32. The van der Waals surface area contributed by atoms with Crippen molar-refractivity contribution in [3.63, 3.8) is 0 Å². The molecule has 5 nitrogen and oxygen atoms in total. The van der Waals surface area contributed by atoms with Crippen molar-refractivity contribution >= 4 is 29.9 Å². The highest BCUT2D eigenvalue weighted by molar-refractivity contribution is 14.0. The van der Waals surface area contributed by atoms with Gasteiger partial charge in [0.25, 0.3) is 0 Å². The van der Waals surface area contributed by atoms with Crippen LogP contribution in [0.15, 0.2) is 4.99 Å². The molecule has 0 aromatic heterocycles. The fourth-order valence-corrected chi connectivity index (χ4v) is 6.20. The maximum atomic E-state index is 5.32. The van der Waals surface area contributed by atoms with Gasteiger partial charge < -0.3 is 15.1 Å². The molecule has 4 fully saturated rings. The first-order valence-electron chi connectivity index (χ1n) is 12.2. The Balaban J connectivity index is 0.00000240. The summed E-state index contributed by atoms with van der Waals surface area (Å²) in [5.41, 5.74) is 0.292. The number of nitrogens with one attached hydrogen (secondary N) is 1. The van der Waals surface area contributed by atoms with Gasteiger partial charge in [0.15, 0.2) is 5.96 Å². The van der Waals surface area contributed by atoms with E-state index in [1.165, 1.54) is 103 Å². The Morgan fingerprint density at radius 1 is 0.931 bits per heavy atom. The summed E-state index contributed by atoms with van der Waals surface area (Å²) in [6.07, 6.45) is 12.5. The van der Waals surface area contributed by atoms with Crippen molar-refractivity contribution in [2.24, 2.45) is 16.8 Å².